The Hall–Kier alpha value is -1.18. The fourth-order valence-electron chi connectivity index (χ4n) is 1.06. The molecule has 0 spiro atoms. The summed E-state index contributed by atoms with van der Waals surface area (Å²) in [6.45, 7) is 3.45. The van der Waals surface area contributed by atoms with Crippen molar-refractivity contribution in [3.8, 4) is 0 Å². The molecule has 1 rings (SSSR count). The maximum Gasteiger partial charge on any atom is 0.339 e. The van der Waals surface area contributed by atoms with Gasteiger partial charge in [-0.3, -0.25) is 0 Å². The molecule has 0 amide bonds. The predicted molar refractivity (Wildman–Crippen MR) is 59.6 cm³/mol. The van der Waals surface area contributed by atoms with Crippen LogP contribution in [0.1, 0.15) is 20.7 Å². The summed E-state index contributed by atoms with van der Waals surface area (Å²) in [4.78, 5) is 22.2. The third-order valence-corrected chi connectivity index (χ3v) is 1.71. The summed E-state index contributed by atoms with van der Waals surface area (Å²) in [6, 6.07) is 5.90. The number of carboxylic acids is 1. The van der Waals surface area contributed by atoms with Crippen LogP contribution >= 0.6 is 0 Å². The van der Waals surface area contributed by atoms with Crippen molar-refractivity contribution in [2.75, 3.05) is 6.61 Å². The molecule has 0 heterocycles. The van der Waals surface area contributed by atoms with E-state index in [0.29, 0.717) is 0 Å². The molecule has 82 valence electrons. The largest absolute Gasteiger partial charge is 0.478 e. The van der Waals surface area contributed by atoms with Crippen LogP contribution in [0.3, 0.4) is 0 Å². The first-order chi connectivity index (χ1) is 7.16. The fraction of sp³-hybridized carbons (Fsp3) is 0.0909. The number of esters is 1. The van der Waals surface area contributed by atoms with Gasteiger partial charge in [0.05, 0.1) is 11.1 Å². The van der Waals surface area contributed by atoms with Crippen molar-refractivity contribution in [1.82, 2.24) is 0 Å². The van der Waals surface area contributed by atoms with Crippen LogP contribution in [0, 0.1) is 0 Å². The van der Waals surface area contributed by atoms with Gasteiger partial charge in [0.1, 0.15) is 6.61 Å². The van der Waals surface area contributed by atoms with Crippen molar-refractivity contribution in [2.24, 2.45) is 0 Å². The SMILES string of the molecule is C=CCOC(=O)c1ccccc1C(=O)O.[Pb]. The van der Waals surface area contributed by atoms with Crippen LogP contribution in [0.15, 0.2) is 36.9 Å². The molecule has 16 heavy (non-hydrogen) atoms. The van der Waals surface area contributed by atoms with Crippen molar-refractivity contribution >= 4 is 39.2 Å². The van der Waals surface area contributed by atoms with E-state index in [2.05, 4.69) is 6.58 Å². The Labute approximate surface area is 113 Å². The van der Waals surface area contributed by atoms with Gasteiger partial charge in [-0.25, -0.2) is 9.59 Å². The summed E-state index contributed by atoms with van der Waals surface area (Å²) in [5, 5.41) is 8.81. The number of ether oxygens (including phenoxy) is 1. The number of rotatable bonds is 4. The summed E-state index contributed by atoms with van der Waals surface area (Å²) < 4.78 is 4.75. The minimum Gasteiger partial charge on any atom is -0.478 e. The zero-order valence-electron chi connectivity index (χ0n) is 8.47. The average molecular weight is 413 g/mol. The molecule has 1 aromatic rings. The second-order valence-corrected chi connectivity index (χ2v) is 2.74. The van der Waals surface area contributed by atoms with E-state index >= 15 is 0 Å². The molecule has 0 aliphatic rings. The van der Waals surface area contributed by atoms with Crippen molar-refractivity contribution in [3.05, 3.63) is 48.0 Å². The molecule has 5 heteroatoms. The van der Waals surface area contributed by atoms with Gasteiger partial charge in [-0.1, -0.05) is 24.8 Å². The molecule has 0 unspecified atom stereocenters. The fourth-order valence-corrected chi connectivity index (χ4v) is 1.06. The molecular formula is C11H10O4Pb. The number of aromatic carboxylic acids is 1. The first kappa shape index (κ1) is 14.8. The van der Waals surface area contributed by atoms with Gasteiger partial charge in [0.2, 0.25) is 0 Å². The van der Waals surface area contributed by atoms with Crippen molar-refractivity contribution < 1.29 is 19.4 Å². The molecule has 0 saturated heterocycles. The van der Waals surface area contributed by atoms with Crippen LogP contribution in [-0.4, -0.2) is 51.0 Å². The Morgan fingerprint density at radius 2 is 1.88 bits per heavy atom. The molecule has 0 aliphatic carbocycles. The number of carboxylic acid groups (broad SMARTS) is 1. The average Bonchev–Trinajstić information content (AvgIpc) is 2.25. The molecule has 0 atom stereocenters. The van der Waals surface area contributed by atoms with Gasteiger partial charge in [0, 0.05) is 27.3 Å². The van der Waals surface area contributed by atoms with E-state index in [1.807, 2.05) is 0 Å². The smallest absolute Gasteiger partial charge is 0.339 e. The van der Waals surface area contributed by atoms with Crippen LogP contribution < -0.4 is 0 Å². The maximum atomic E-state index is 11.4. The Kier molecular flexibility index (Phi) is 6.63. The number of hydrogen-bond acceptors (Lipinski definition) is 3. The molecule has 0 aromatic heterocycles. The van der Waals surface area contributed by atoms with Gasteiger partial charge in [-0.2, -0.15) is 0 Å². The van der Waals surface area contributed by atoms with Crippen molar-refractivity contribution in [1.29, 1.82) is 0 Å². The summed E-state index contributed by atoms with van der Waals surface area (Å²) in [5.41, 5.74) is -0.0154. The number of carbonyl (C=O) groups is 2. The summed E-state index contributed by atoms with van der Waals surface area (Å²) in [6.07, 6.45) is 1.42. The Morgan fingerprint density at radius 3 is 2.38 bits per heavy atom. The van der Waals surface area contributed by atoms with Gasteiger partial charge >= 0.3 is 11.9 Å². The van der Waals surface area contributed by atoms with E-state index in [1.165, 1.54) is 18.2 Å². The second kappa shape index (κ2) is 7.15. The zero-order chi connectivity index (χ0) is 11.3. The van der Waals surface area contributed by atoms with E-state index in [9.17, 15) is 9.59 Å². The zero-order valence-corrected chi connectivity index (χ0v) is 12.4. The van der Waals surface area contributed by atoms with Gasteiger partial charge in [0.25, 0.3) is 0 Å². The molecule has 0 saturated carbocycles. The minimum absolute atomic E-state index is 0. The maximum absolute atomic E-state index is 11.4. The van der Waals surface area contributed by atoms with E-state index in [0.717, 1.165) is 0 Å². The van der Waals surface area contributed by atoms with Crippen molar-refractivity contribution in [2.45, 2.75) is 0 Å². The standard InChI is InChI=1S/C11H10O4.Pb/c1-2-7-15-11(14)9-6-4-3-5-8(9)10(12)13;/h2-6H,1,7H2,(H,12,13);. The first-order valence-corrected chi connectivity index (χ1v) is 4.27. The first-order valence-electron chi connectivity index (χ1n) is 4.27. The Balaban J connectivity index is 0.00000225. The Bertz CT molecular complexity index is 401. The summed E-state index contributed by atoms with van der Waals surface area (Å²) in [7, 11) is 0. The van der Waals surface area contributed by atoms with Crippen LogP contribution in [0.4, 0.5) is 0 Å². The molecule has 1 aromatic carbocycles. The van der Waals surface area contributed by atoms with Crippen molar-refractivity contribution in [3.63, 3.8) is 0 Å². The van der Waals surface area contributed by atoms with Crippen LogP contribution in [-0.2, 0) is 4.74 Å². The molecule has 4 nitrogen and oxygen atoms in total. The van der Waals surface area contributed by atoms with E-state index in [1.54, 1.807) is 12.1 Å². The van der Waals surface area contributed by atoms with Gasteiger partial charge in [-0.15, -0.1) is 0 Å². The third-order valence-electron chi connectivity index (χ3n) is 1.71. The van der Waals surface area contributed by atoms with Crippen LogP contribution in [0.25, 0.3) is 0 Å². The molecule has 0 aliphatic heterocycles. The monoisotopic (exact) mass is 414 g/mol. The van der Waals surface area contributed by atoms with E-state index in [-0.39, 0.29) is 45.0 Å². The predicted octanol–water partition coefficient (Wildman–Crippen LogP) is 1.35. The third kappa shape index (κ3) is 3.76. The van der Waals surface area contributed by atoms with Gasteiger partial charge in [0.15, 0.2) is 0 Å². The van der Waals surface area contributed by atoms with Gasteiger partial charge < -0.3 is 9.84 Å². The minimum atomic E-state index is -1.15. The summed E-state index contributed by atoms with van der Waals surface area (Å²) >= 11 is 0. The van der Waals surface area contributed by atoms with E-state index < -0.39 is 11.9 Å². The molecule has 4 radical (unpaired) electrons. The second-order valence-electron chi connectivity index (χ2n) is 2.74. The Morgan fingerprint density at radius 1 is 1.31 bits per heavy atom. The molecular weight excluding hydrogens is 403 g/mol. The normalized spacial score (nSPS) is 8.75. The molecule has 0 fully saturated rings. The summed E-state index contributed by atoms with van der Waals surface area (Å²) in [5.74, 6) is -1.81. The molecule has 0 bridgehead atoms. The quantitative estimate of drug-likeness (QED) is 0.460. The van der Waals surface area contributed by atoms with Crippen LogP contribution in [0.2, 0.25) is 0 Å². The van der Waals surface area contributed by atoms with E-state index in [4.69, 9.17) is 9.84 Å². The number of benzene rings is 1. The van der Waals surface area contributed by atoms with Crippen LogP contribution in [0.5, 0.6) is 0 Å². The number of carbonyl (C=O) groups excluding carboxylic acids is 1. The number of hydrogen-bond donors (Lipinski definition) is 1. The molecule has 1 N–H and O–H groups in total. The van der Waals surface area contributed by atoms with Gasteiger partial charge in [-0.05, 0) is 12.1 Å². The topological polar surface area (TPSA) is 63.6 Å².